The van der Waals surface area contributed by atoms with Crippen molar-refractivity contribution < 1.29 is 0 Å². The van der Waals surface area contributed by atoms with Gasteiger partial charge < -0.3 is 4.90 Å². The summed E-state index contributed by atoms with van der Waals surface area (Å²) in [7, 11) is 0. The van der Waals surface area contributed by atoms with Gasteiger partial charge in [-0.3, -0.25) is 0 Å². The maximum atomic E-state index is 2.65. The average molecular weight is 634 g/mol. The van der Waals surface area contributed by atoms with Crippen molar-refractivity contribution in [3.05, 3.63) is 156 Å². The van der Waals surface area contributed by atoms with E-state index in [-0.39, 0.29) is 23.0 Å². The molecule has 1 nitrogen and oxygen atoms in total. The molecule has 0 radical (unpaired) electrons. The quantitative estimate of drug-likeness (QED) is 0.175. The van der Waals surface area contributed by atoms with Crippen LogP contribution in [0.5, 0.6) is 0 Å². The van der Waals surface area contributed by atoms with Gasteiger partial charge in [0.2, 0.25) is 6.71 Å². The third-order valence-corrected chi connectivity index (χ3v) is 12.2. The fourth-order valence-electron chi connectivity index (χ4n) is 9.27. The lowest BCUT2D eigenvalue weighted by molar-refractivity contribution is 0.331. The first-order valence-corrected chi connectivity index (χ1v) is 18.0. The van der Waals surface area contributed by atoms with Gasteiger partial charge in [-0.05, 0) is 103 Å². The van der Waals surface area contributed by atoms with Gasteiger partial charge in [0.1, 0.15) is 0 Å². The molecule has 0 bridgehead atoms. The predicted molar refractivity (Wildman–Crippen MR) is 211 cm³/mol. The van der Waals surface area contributed by atoms with E-state index in [0.29, 0.717) is 0 Å². The van der Waals surface area contributed by atoms with Crippen molar-refractivity contribution in [3.63, 3.8) is 0 Å². The molecule has 6 aromatic rings. The van der Waals surface area contributed by atoms with Crippen LogP contribution in [0.1, 0.15) is 76.6 Å². The molecule has 0 fully saturated rings. The molecule has 3 aliphatic rings. The third-order valence-electron chi connectivity index (χ3n) is 12.2. The number of rotatable bonds is 3. The zero-order chi connectivity index (χ0) is 33.7. The van der Waals surface area contributed by atoms with E-state index >= 15 is 0 Å². The molecule has 2 heterocycles. The fraction of sp³-hybridized carbons (Fsp3) is 0.234. The van der Waals surface area contributed by atoms with Gasteiger partial charge in [0, 0.05) is 22.5 Å². The topological polar surface area (TPSA) is 3.24 Å². The summed E-state index contributed by atoms with van der Waals surface area (Å²) < 4.78 is 0. The van der Waals surface area contributed by atoms with E-state index < -0.39 is 0 Å². The van der Waals surface area contributed by atoms with Gasteiger partial charge in [-0.15, -0.1) is 0 Å². The van der Waals surface area contributed by atoms with E-state index in [4.69, 9.17) is 0 Å². The minimum atomic E-state index is -0.138. The van der Waals surface area contributed by atoms with E-state index in [2.05, 4.69) is 180 Å². The summed E-state index contributed by atoms with van der Waals surface area (Å²) in [5.41, 5.74) is 19.3. The lowest BCUT2D eigenvalue weighted by atomic mass is 9.29. The smallest absolute Gasteiger partial charge is 0.247 e. The molecule has 0 aromatic heterocycles. The summed E-state index contributed by atoms with van der Waals surface area (Å²) in [6.07, 6.45) is 2.43. The first kappa shape index (κ1) is 30.3. The van der Waals surface area contributed by atoms with Crippen molar-refractivity contribution in [1.29, 1.82) is 0 Å². The fourth-order valence-corrected chi connectivity index (χ4v) is 9.27. The van der Waals surface area contributed by atoms with Crippen LogP contribution < -0.4 is 21.3 Å². The normalized spacial score (nSPS) is 17.4. The number of anilines is 3. The summed E-state index contributed by atoms with van der Waals surface area (Å²) in [6.45, 7) is 14.9. The lowest BCUT2D eigenvalue weighted by Crippen LogP contribution is -2.64. The molecular weight excluding hydrogens is 589 g/mol. The highest BCUT2D eigenvalue weighted by Gasteiger charge is 2.48. The maximum absolute atomic E-state index is 2.65. The summed E-state index contributed by atoms with van der Waals surface area (Å²) in [5.74, 6) is 0. The van der Waals surface area contributed by atoms with Crippen molar-refractivity contribution >= 4 is 40.2 Å². The van der Waals surface area contributed by atoms with Crippen LogP contribution in [0.15, 0.2) is 133 Å². The molecule has 2 aliphatic heterocycles. The molecule has 0 atom stereocenters. The first-order valence-electron chi connectivity index (χ1n) is 18.0. The lowest BCUT2D eigenvalue weighted by Gasteiger charge is -2.48. The zero-order valence-electron chi connectivity index (χ0n) is 29.6. The van der Waals surface area contributed by atoms with Crippen LogP contribution in [0.4, 0.5) is 17.1 Å². The molecule has 1 aliphatic carbocycles. The van der Waals surface area contributed by atoms with Gasteiger partial charge in [0.25, 0.3) is 0 Å². The Morgan fingerprint density at radius 2 is 1.02 bits per heavy atom. The van der Waals surface area contributed by atoms with Gasteiger partial charge in [-0.25, -0.2) is 0 Å². The van der Waals surface area contributed by atoms with Gasteiger partial charge in [0.15, 0.2) is 0 Å². The summed E-state index contributed by atoms with van der Waals surface area (Å²) >= 11 is 0. The van der Waals surface area contributed by atoms with Crippen molar-refractivity contribution in [2.45, 2.75) is 70.6 Å². The Balaban J connectivity index is 1.32. The Labute approximate surface area is 292 Å². The molecule has 0 amide bonds. The van der Waals surface area contributed by atoms with Crippen LogP contribution in [0.25, 0.3) is 22.3 Å². The van der Waals surface area contributed by atoms with Gasteiger partial charge in [-0.2, -0.15) is 0 Å². The van der Waals surface area contributed by atoms with Crippen molar-refractivity contribution in [3.8, 4) is 22.3 Å². The molecule has 9 rings (SSSR count). The number of hydrogen-bond donors (Lipinski definition) is 0. The minimum Gasteiger partial charge on any atom is -0.312 e. The molecular formula is C47H44BN. The highest BCUT2D eigenvalue weighted by atomic mass is 15.1. The molecule has 0 spiro atoms. The standard InChI is InChI=1S/C47H44BN/c1-45(2)26-27-46(3,4)38-30-40-39(29-37(38)45)47(5,6)36-18-13-19-43-44(36)48(40)41-28-34(32-16-11-8-12-17-32)22-25-42(41)49(43)35-23-20-33(21-24-35)31-14-9-7-10-15-31/h7-25,28-30H,26-27H2,1-6H3. The Bertz CT molecular complexity index is 2240. The molecule has 0 unspecified atom stereocenters. The van der Waals surface area contributed by atoms with Crippen molar-refractivity contribution in [2.75, 3.05) is 4.90 Å². The molecule has 0 saturated heterocycles. The highest BCUT2D eigenvalue weighted by molar-refractivity contribution is 6.99. The molecule has 0 saturated carbocycles. The average Bonchev–Trinajstić information content (AvgIpc) is 3.12. The molecule has 0 N–H and O–H groups in total. The Morgan fingerprint density at radius 1 is 0.449 bits per heavy atom. The Morgan fingerprint density at radius 3 is 1.67 bits per heavy atom. The number of benzene rings is 6. The predicted octanol–water partition coefficient (Wildman–Crippen LogP) is 10.3. The van der Waals surface area contributed by atoms with Crippen molar-refractivity contribution in [2.24, 2.45) is 0 Å². The largest absolute Gasteiger partial charge is 0.312 e. The van der Waals surface area contributed by atoms with Gasteiger partial charge in [-0.1, -0.05) is 156 Å². The summed E-state index contributed by atoms with van der Waals surface area (Å²) in [6, 6.07) is 50.3. The van der Waals surface area contributed by atoms with Crippen LogP contribution in [0.2, 0.25) is 0 Å². The third kappa shape index (κ3) is 4.53. The van der Waals surface area contributed by atoms with E-state index in [1.807, 2.05) is 0 Å². The SMILES string of the molecule is CC1(C)CCC(C)(C)c2cc3c(cc21)B1c2cc(-c4ccccc4)ccc2N(c2ccc(-c4ccccc4)cc2)c2cccc(c21)C3(C)C. The van der Waals surface area contributed by atoms with E-state index in [1.165, 1.54) is 79.7 Å². The van der Waals surface area contributed by atoms with E-state index in [0.717, 1.165) is 0 Å². The second-order valence-corrected chi connectivity index (χ2v) is 16.4. The zero-order valence-corrected chi connectivity index (χ0v) is 29.6. The molecule has 49 heavy (non-hydrogen) atoms. The van der Waals surface area contributed by atoms with Gasteiger partial charge in [0.05, 0.1) is 0 Å². The van der Waals surface area contributed by atoms with Crippen molar-refractivity contribution in [1.82, 2.24) is 0 Å². The monoisotopic (exact) mass is 633 g/mol. The first-order chi connectivity index (χ1) is 23.5. The Kier molecular flexibility index (Phi) is 6.54. The van der Waals surface area contributed by atoms with Crippen LogP contribution in [-0.2, 0) is 16.2 Å². The van der Waals surface area contributed by atoms with E-state index in [1.54, 1.807) is 11.1 Å². The van der Waals surface area contributed by atoms with Crippen LogP contribution in [0, 0.1) is 0 Å². The highest BCUT2D eigenvalue weighted by Crippen LogP contribution is 2.49. The number of hydrogen-bond acceptors (Lipinski definition) is 1. The Hall–Kier alpha value is -4.82. The number of fused-ring (bicyclic) bond motifs is 5. The van der Waals surface area contributed by atoms with Gasteiger partial charge >= 0.3 is 0 Å². The minimum absolute atomic E-state index is 0.138. The second-order valence-electron chi connectivity index (χ2n) is 16.4. The summed E-state index contributed by atoms with van der Waals surface area (Å²) in [5, 5.41) is 0. The maximum Gasteiger partial charge on any atom is 0.247 e. The number of nitrogens with zero attached hydrogens (tertiary/aromatic N) is 1. The second kappa shape index (κ2) is 10.6. The van der Waals surface area contributed by atoms with Crippen LogP contribution in [-0.4, -0.2) is 6.71 Å². The summed E-state index contributed by atoms with van der Waals surface area (Å²) in [4.78, 5) is 2.53. The molecule has 2 heteroatoms. The molecule has 6 aromatic carbocycles. The van der Waals surface area contributed by atoms with E-state index in [9.17, 15) is 0 Å². The van der Waals surface area contributed by atoms with Crippen LogP contribution >= 0.6 is 0 Å². The van der Waals surface area contributed by atoms with Crippen LogP contribution in [0.3, 0.4) is 0 Å². The molecule has 240 valence electrons.